The van der Waals surface area contributed by atoms with E-state index in [2.05, 4.69) is 24.1 Å². The van der Waals surface area contributed by atoms with Gasteiger partial charge in [-0.1, -0.05) is 37.6 Å². The van der Waals surface area contributed by atoms with Gasteiger partial charge in [-0.25, -0.2) is 0 Å². The molecule has 114 valence electrons. The molecule has 4 nitrogen and oxygen atoms in total. The Morgan fingerprint density at radius 1 is 1.30 bits per heavy atom. The third-order valence-corrected chi connectivity index (χ3v) is 3.16. The van der Waals surface area contributed by atoms with E-state index in [1.807, 2.05) is 12.1 Å². The van der Waals surface area contributed by atoms with Gasteiger partial charge in [0.05, 0.1) is 17.3 Å². The molecule has 0 aliphatic carbocycles. The van der Waals surface area contributed by atoms with Crippen LogP contribution in [-0.2, 0) is 9.53 Å². The predicted octanol–water partition coefficient (Wildman–Crippen LogP) is 3.06. The highest BCUT2D eigenvalue weighted by molar-refractivity contribution is 6.33. The number of anilines is 1. The van der Waals surface area contributed by atoms with Gasteiger partial charge >= 0.3 is 0 Å². The number of nitrogens with one attached hydrogen (secondary N) is 1. The van der Waals surface area contributed by atoms with Crippen molar-refractivity contribution >= 4 is 35.6 Å². The fraction of sp³-hybridized carbons (Fsp3) is 0.500. The van der Waals surface area contributed by atoms with Crippen molar-refractivity contribution in [1.29, 1.82) is 0 Å². The number of rotatable bonds is 8. The molecule has 0 aliphatic heterocycles. The minimum atomic E-state index is -0.187. The summed E-state index contributed by atoms with van der Waals surface area (Å²) in [6.45, 7) is 7.63. The zero-order valence-corrected chi connectivity index (χ0v) is 13.5. The molecule has 0 fully saturated rings. The summed E-state index contributed by atoms with van der Waals surface area (Å²) < 4.78 is 5.34. The number of likely N-dealkylation sites (N-methyl/N-ethyl adjacent to an activating group) is 1. The van der Waals surface area contributed by atoms with E-state index in [1.54, 1.807) is 12.1 Å². The van der Waals surface area contributed by atoms with Crippen molar-refractivity contribution in [2.75, 3.05) is 38.2 Å². The van der Waals surface area contributed by atoms with Crippen LogP contribution in [0.25, 0.3) is 0 Å². The lowest BCUT2D eigenvalue weighted by atomic mass is 10.3. The fourth-order valence-corrected chi connectivity index (χ4v) is 1.83. The lowest BCUT2D eigenvalue weighted by molar-refractivity contribution is -0.120. The van der Waals surface area contributed by atoms with Crippen molar-refractivity contribution in [3.63, 3.8) is 0 Å². The van der Waals surface area contributed by atoms with Gasteiger partial charge in [0.25, 0.3) is 0 Å². The average Bonchev–Trinajstić information content (AvgIpc) is 2.42. The molecule has 1 aromatic rings. The first-order valence-electron chi connectivity index (χ1n) is 6.51. The second kappa shape index (κ2) is 10.9. The van der Waals surface area contributed by atoms with E-state index < -0.39 is 0 Å². The van der Waals surface area contributed by atoms with E-state index in [9.17, 15) is 4.79 Å². The molecule has 0 saturated heterocycles. The largest absolute Gasteiger partial charge is 0.370 e. The van der Waals surface area contributed by atoms with Crippen LogP contribution in [0, 0.1) is 0 Å². The molecule has 1 N–H and O–H groups in total. The summed E-state index contributed by atoms with van der Waals surface area (Å²) in [5.74, 6) is -0.187. The molecule has 1 rings (SSSR count). The Bertz CT molecular complexity index is 399. The third kappa shape index (κ3) is 7.10. The number of amides is 1. The molecule has 0 aliphatic rings. The van der Waals surface area contributed by atoms with Crippen molar-refractivity contribution in [3.8, 4) is 0 Å². The van der Waals surface area contributed by atoms with Crippen LogP contribution in [0.5, 0.6) is 0 Å². The number of hydrogen-bond acceptors (Lipinski definition) is 3. The van der Waals surface area contributed by atoms with Gasteiger partial charge in [-0.2, -0.15) is 0 Å². The van der Waals surface area contributed by atoms with Crippen LogP contribution in [0.4, 0.5) is 5.69 Å². The van der Waals surface area contributed by atoms with E-state index in [4.69, 9.17) is 16.3 Å². The van der Waals surface area contributed by atoms with Gasteiger partial charge in [-0.05, 0) is 25.2 Å². The van der Waals surface area contributed by atoms with Crippen LogP contribution in [0.3, 0.4) is 0 Å². The van der Waals surface area contributed by atoms with Crippen molar-refractivity contribution in [1.82, 2.24) is 4.90 Å². The number of benzene rings is 1. The van der Waals surface area contributed by atoms with Gasteiger partial charge in [-0.3, -0.25) is 4.79 Å². The van der Waals surface area contributed by atoms with Crippen LogP contribution in [0.1, 0.15) is 13.8 Å². The number of halogens is 2. The SMILES string of the molecule is CCN(CC)CCOCC(=O)Nc1ccccc1Cl.Cl. The molecule has 6 heteroatoms. The predicted molar refractivity (Wildman–Crippen MR) is 85.9 cm³/mol. The zero-order valence-electron chi connectivity index (χ0n) is 11.9. The standard InChI is InChI=1S/C14H21ClN2O2.ClH/c1-3-17(4-2)9-10-19-11-14(18)16-13-8-6-5-7-12(13)15;/h5-8H,3-4,9-11H2,1-2H3,(H,16,18);1H. The van der Waals surface area contributed by atoms with Crippen LogP contribution >= 0.6 is 24.0 Å². The summed E-state index contributed by atoms with van der Waals surface area (Å²) in [6, 6.07) is 7.13. The van der Waals surface area contributed by atoms with E-state index >= 15 is 0 Å². The highest BCUT2D eigenvalue weighted by Gasteiger charge is 2.05. The Kier molecular flexibility index (Phi) is 10.5. The first-order chi connectivity index (χ1) is 9.17. The molecule has 0 aromatic heterocycles. The molecule has 0 spiro atoms. The Balaban J connectivity index is 0.00000361. The van der Waals surface area contributed by atoms with E-state index in [1.165, 1.54) is 0 Å². The maximum atomic E-state index is 11.6. The first-order valence-corrected chi connectivity index (χ1v) is 6.89. The number of ether oxygens (including phenoxy) is 1. The van der Waals surface area contributed by atoms with Gasteiger partial charge in [0.2, 0.25) is 5.91 Å². The number of para-hydroxylation sites is 1. The van der Waals surface area contributed by atoms with Gasteiger partial charge in [0.15, 0.2) is 0 Å². The molecule has 0 bridgehead atoms. The summed E-state index contributed by atoms with van der Waals surface area (Å²) in [6.07, 6.45) is 0. The highest BCUT2D eigenvalue weighted by atomic mass is 35.5. The number of nitrogens with zero attached hydrogens (tertiary/aromatic N) is 1. The molecule has 0 atom stereocenters. The summed E-state index contributed by atoms with van der Waals surface area (Å²) in [4.78, 5) is 13.9. The molecular weight excluding hydrogens is 299 g/mol. The van der Waals surface area contributed by atoms with Crippen molar-refractivity contribution in [2.24, 2.45) is 0 Å². The van der Waals surface area contributed by atoms with E-state index in [0.29, 0.717) is 17.3 Å². The van der Waals surface area contributed by atoms with Crippen molar-refractivity contribution in [3.05, 3.63) is 29.3 Å². The number of carbonyl (C=O) groups excluding carboxylic acids is 1. The van der Waals surface area contributed by atoms with Gasteiger partial charge in [0, 0.05) is 6.54 Å². The van der Waals surface area contributed by atoms with E-state index in [0.717, 1.165) is 19.6 Å². The quantitative estimate of drug-likeness (QED) is 0.748. The highest BCUT2D eigenvalue weighted by Crippen LogP contribution is 2.20. The maximum Gasteiger partial charge on any atom is 0.250 e. The molecule has 1 amide bonds. The van der Waals surface area contributed by atoms with Gasteiger partial charge in [0.1, 0.15) is 6.61 Å². The minimum Gasteiger partial charge on any atom is -0.370 e. The van der Waals surface area contributed by atoms with E-state index in [-0.39, 0.29) is 24.9 Å². The molecule has 20 heavy (non-hydrogen) atoms. The summed E-state index contributed by atoms with van der Waals surface area (Å²) in [5, 5.41) is 3.24. The Morgan fingerprint density at radius 2 is 1.95 bits per heavy atom. The monoisotopic (exact) mass is 320 g/mol. The first kappa shape index (κ1) is 19.2. The topological polar surface area (TPSA) is 41.6 Å². The minimum absolute atomic E-state index is 0. The second-order valence-electron chi connectivity index (χ2n) is 4.11. The Labute approximate surface area is 131 Å². The smallest absolute Gasteiger partial charge is 0.250 e. The summed E-state index contributed by atoms with van der Waals surface area (Å²) in [7, 11) is 0. The van der Waals surface area contributed by atoms with Gasteiger partial charge in [-0.15, -0.1) is 12.4 Å². The molecule has 1 aromatic carbocycles. The molecule has 0 heterocycles. The zero-order chi connectivity index (χ0) is 14.1. The second-order valence-corrected chi connectivity index (χ2v) is 4.51. The van der Waals surface area contributed by atoms with Crippen LogP contribution in [0.2, 0.25) is 5.02 Å². The van der Waals surface area contributed by atoms with Crippen LogP contribution < -0.4 is 5.32 Å². The molecule has 0 unspecified atom stereocenters. The normalized spacial score (nSPS) is 10.2. The number of carbonyl (C=O) groups is 1. The Morgan fingerprint density at radius 3 is 2.55 bits per heavy atom. The molecular formula is C14H22Cl2N2O2. The fourth-order valence-electron chi connectivity index (χ4n) is 1.65. The Hall–Kier alpha value is -0.810. The van der Waals surface area contributed by atoms with Crippen LogP contribution in [0.15, 0.2) is 24.3 Å². The summed E-state index contributed by atoms with van der Waals surface area (Å²) >= 11 is 5.95. The van der Waals surface area contributed by atoms with Crippen molar-refractivity contribution < 1.29 is 9.53 Å². The number of hydrogen-bond donors (Lipinski definition) is 1. The van der Waals surface area contributed by atoms with Gasteiger partial charge < -0.3 is 15.0 Å². The molecule has 0 radical (unpaired) electrons. The lowest BCUT2D eigenvalue weighted by Gasteiger charge is -2.17. The van der Waals surface area contributed by atoms with Crippen LogP contribution in [-0.4, -0.2) is 43.7 Å². The lowest BCUT2D eigenvalue weighted by Crippen LogP contribution is -2.28. The maximum absolute atomic E-state index is 11.6. The average molecular weight is 321 g/mol. The third-order valence-electron chi connectivity index (χ3n) is 2.83. The summed E-state index contributed by atoms with van der Waals surface area (Å²) in [5.41, 5.74) is 0.613. The van der Waals surface area contributed by atoms with Crippen molar-refractivity contribution in [2.45, 2.75) is 13.8 Å². The molecule has 0 saturated carbocycles.